The Balaban J connectivity index is 1.87. The Hall–Kier alpha value is -2.93. The molecule has 3 rings (SSSR count). The number of aromatic carboxylic acids is 1. The monoisotopic (exact) mass is 406 g/mol. The minimum Gasteiger partial charge on any atom is -0.478 e. The van der Waals surface area contributed by atoms with E-state index in [0.29, 0.717) is 10.9 Å². The number of carboxylic acids is 1. The largest absolute Gasteiger partial charge is 0.478 e. The van der Waals surface area contributed by atoms with Crippen molar-refractivity contribution in [2.45, 2.75) is 19.4 Å². The van der Waals surface area contributed by atoms with E-state index in [1.807, 2.05) is 0 Å². The average Bonchev–Trinajstić information content (AvgIpc) is 2.99. The standard InChI is InChI=1S/C20H17ClF2N2O3/c1-10(11-3-5-12(6-4-11)20(27)28)24-19(26)17-9-14-15(21)7-13(18(22)23)8-16(14)25(17)2/h3-10,18H,1-2H3,(H,24,26)(H,27,28)/t10-/m1/s1. The van der Waals surface area contributed by atoms with Crippen molar-refractivity contribution in [2.24, 2.45) is 7.05 Å². The van der Waals surface area contributed by atoms with Gasteiger partial charge in [0.05, 0.1) is 22.1 Å². The van der Waals surface area contributed by atoms with E-state index in [4.69, 9.17) is 16.7 Å². The first kappa shape index (κ1) is 19.8. The van der Waals surface area contributed by atoms with Gasteiger partial charge < -0.3 is 15.0 Å². The Kier molecular flexibility index (Phi) is 5.38. The first-order valence-corrected chi connectivity index (χ1v) is 8.78. The van der Waals surface area contributed by atoms with Crippen LogP contribution in [0.5, 0.6) is 0 Å². The number of hydrogen-bond acceptors (Lipinski definition) is 2. The van der Waals surface area contributed by atoms with E-state index in [1.165, 1.54) is 28.8 Å². The Morgan fingerprint density at radius 1 is 1.11 bits per heavy atom. The summed E-state index contributed by atoms with van der Waals surface area (Å²) in [6.07, 6.45) is -2.66. The minimum atomic E-state index is -2.66. The number of aromatic nitrogens is 1. The predicted molar refractivity (Wildman–Crippen MR) is 102 cm³/mol. The van der Waals surface area contributed by atoms with Crippen LogP contribution in [0.1, 0.15) is 51.4 Å². The fraction of sp³-hybridized carbons (Fsp3) is 0.200. The van der Waals surface area contributed by atoms with Crippen molar-refractivity contribution in [3.63, 3.8) is 0 Å². The number of fused-ring (bicyclic) bond motifs is 1. The second-order valence-corrected chi connectivity index (χ2v) is 6.85. The minimum absolute atomic E-state index is 0.153. The van der Waals surface area contributed by atoms with Crippen LogP contribution in [0.15, 0.2) is 42.5 Å². The number of hydrogen-bond donors (Lipinski definition) is 2. The van der Waals surface area contributed by atoms with Crippen LogP contribution in [0.4, 0.5) is 8.78 Å². The molecule has 0 spiro atoms. The van der Waals surface area contributed by atoms with Crippen molar-refractivity contribution < 1.29 is 23.5 Å². The molecule has 1 amide bonds. The highest BCUT2D eigenvalue weighted by atomic mass is 35.5. The van der Waals surface area contributed by atoms with Gasteiger partial charge in [-0.05, 0) is 42.8 Å². The Morgan fingerprint density at radius 3 is 2.32 bits per heavy atom. The summed E-state index contributed by atoms with van der Waals surface area (Å²) in [4.78, 5) is 23.6. The number of alkyl halides is 2. The lowest BCUT2D eigenvalue weighted by Crippen LogP contribution is -2.28. The molecule has 0 fully saturated rings. The SMILES string of the molecule is C[C@@H](NC(=O)c1cc2c(Cl)cc(C(F)F)cc2n1C)c1ccc(C(=O)O)cc1. The summed E-state index contributed by atoms with van der Waals surface area (Å²) in [5.41, 5.74) is 1.39. The second-order valence-electron chi connectivity index (χ2n) is 6.45. The average molecular weight is 407 g/mol. The third-order valence-corrected chi connectivity index (χ3v) is 4.94. The van der Waals surface area contributed by atoms with Gasteiger partial charge in [0.25, 0.3) is 12.3 Å². The van der Waals surface area contributed by atoms with Gasteiger partial charge >= 0.3 is 5.97 Å². The molecule has 146 valence electrons. The molecule has 0 saturated heterocycles. The van der Waals surface area contributed by atoms with Crippen molar-refractivity contribution in [1.82, 2.24) is 9.88 Å². The number of halogens is 3. The summed E-state index contributed by atoms with van der Waals surface area (Å²) < 4.78 is 27.6. The number of aryl methyl sites for hydroxylation is 1. The van der Waals surface area contributed by atoms with Gasteiger partial charge in [-0.3, -0.25) is 4.79 Å². The van der Waals surface area contributed by atoms with Gasteiger partial charge in [0.15, 0.2) is 0 Å². The van der Waals surface area contributed by atoms with Crippen LogP contribution < -0.4 is 5.32 Å². The van der Waals surface area contributed by atoms with E-state index in [1.54, 1.807) is 32.2 Å². The quantitative estimate of drug-likeness (QED) is 0.629. The number of amides is 1. The molecule has 0 bridgehead atoms. The molecule has 1 heterocycles. The highest BCUT2D eigenvalue weighted by molar-refractivity contribution is 6.35. The normalized spacial score (nSPS) is 12.4. The van der Waals surface area contributed by atoms with E-state index >= 15 is 0 Å². The van der Waals surface area contributed by atoms with Crippen LogP contribution in [0.2, 0.25) is 5.02 Å². The molecule has 2 aromatic carbocycles. The maximum atomic E-state index is 13.0. The van der Waals surface area contributed by atoms with Crippen molar-refractivity contribution in [3.05, 3.63) is 69.9 Å². The van der Waals surface area contributed by atoms with Gasteiger partial charge in [-0.15, -0.1) is 0 Å². The summed E-state index contributed by atoms with van der Waals surface area (Å²) in [7, 11) is 1.61. The molecular weight excluding hydrogens is 390 g/mol. The van der Waals surface area contributed by atoms with E-state index < -0.39 is 18.3 Å². The molecule has 0 saturated carbocycles. The van der Waals surface area contributed by atoms with E-state index in [-0.39, 0.29) is 27.9 Å². The highest BCUT2D eigenvalue weighted by Gasteiger charge is 2.20. The molecule has 1 atom stereocenters. The molecule has 0 aliphatic carbocycles. The van der Waals surface area contributed by atoms with Crippen molar-refractivity contribution in [3.8, 4) is 0 Å². The number of carboxylic acid groups (broad SMARTS) is 1. The summed E-state index contributed by atoms with van der Waals surface area (Å²) in [5.74, 6) is -1.43. The van der Waals surface area contributed by atoms with Crippen LogP contribution in [0.3, 0.4) is 0 Å². The molecule has 0 aliphatic rings. The van der Waals surface area contributed by atoms with Crippen LogP contribution in [-0.2, 0) is 7.05 Å². The lowest BCUT2D eigenvalue weighted by molar-refractivity contribution is 0.0696. The van der Waals surface area contributed by atoms with Crippen molar-refractivity contribution in [2.75, 3.05) is 0 Å². The molecule has 5 nitrogen and oxygen atoms in total. The Morgan fingerprint density at radius 2 is 1.75 bits per heavy atom. The topological polar surface area (TPSA) is 71.3 Å². The van der Waals surface area contributed by atoms with Crippen LogP contribution >= 0.6 is 11.6 Å². The number of benzene rings is 2. The first-order chi connectivity index (χ1) is 13.2. The fourth-order valence-electron chi connectivity index (χ4n) is 3.02. The molecule has 1 aromatic heterocycles. The molecule has 0 radical (unpaired) electrons. The van der Waals surface area contributed by atoms with Gasteiger partial charge in [-0.1, -0.05) is 23.7 Å². The zero-order valence-corrected chi connectivity index (χ0v) is 15.8. The molecule has 8 heteroatoms. The maximum absolute atomic E-state index is 13.0. The molecular formula is C20H17ClF2N2O3. The number of carbonyl (C=O) groups excluding carboxylic acids is 1. The van der Waals surface area contributed by atoms with Crippen LogP contribution in [0, 0.1) is 0 Å². The van der Waals surface area contributed by atoms with Crippen molar-refractivity contribution in [1.29, 1.82) is 0 Å². The van der Waals surface area contributed by atoms with E-state index in [0.717, 1.165) is 5.56 Å². The van der Waals surface area contributed by atoms with E-state index in [9.17, 15) is 18.4 Å². The summed E-state index contributed by atoms with van der Waals surface area (Å²) in [5, 5.41) is 12.4. The molecule has 28 heavy (non-hydrogen) atoms. The molecule has 2 N–H and O–H groups in total. The fourth-order valence-corrected chi connectivity index (χ4v) is 3.30. The third kappa shape index (κ3) is 3.71. The highest BCUT2D eigenvalue weighted by Crippen LogP contribution is 2.32. The van der Waals surface area contributed by atoms with Gasteiger partial charge in [0.1, 0.15) is 5.69 Å². The van der Waals surface area contributed by atoms with E-state index in [2.05, 4.69) is 5.32 Å². The van der Waals surface area contributed by atoms with Gasteiger partial charge in [0, 0.05) is 18.0 Å². The zero-order valence-electron chi connectivity index (χ0n) is 15.0. The maximum Gasteiger partial charge on any atom is 0.335 e. The number of nitrogens with one attached hydrogen (secondary N) is 1. The summed E-state index contributed by atoms with van der Waals surface area (Å²) in [6, 6.07) is 9.86. The lowest BCUT2D eigenvalue weighted by Gasteiger charge is -2.15. The van der Waals surface area contributed by atoms with Gasteiger partial charge in [0.2, 0.25) is 0 Å². The molecule has 3 aromatic rings. The van der Waals surface area contributed by atoms with Gasteiger partial charge in [-0.2, -0.15) is 0 Å². The number of rotatable bonds is 5. The zero-order chi connectivity index (χ0) is 20.6. The molecule has 0 unspecified atom stereocenters. The van der Waals surface area contributed by atoms with Crippen LogP contribution in [-0.4, -0.2) is 21.6 Å². The summed E-state index contributed by atoms with van der Waals surface area (Å²) in [6.45, 7) is 1.76. The lowest BCUT2D eigenvalue weighted by atomic mass is 10.1. The summed E-state index contributed by atoms with van der Waals surface area (Å²) >= 11 is 6.11. The van der Waals surface area contributed by atoms with Crippen LogP contribution in [0.25, 0.3) is 10.9 Å². The first-order valence-electron chi connectivity index (χ1n) is 8.40. The smallest absolute Gasteiger partial charge is 0.335 e. The predicted octanol–water partition coefficient (Wildman–Crippen LogP) is 4.96. The number of carbonyl (C=O) groups is 2. The van der Waals surface area contributed by atoms with Gasteiger partial charge in [-0.25, -0.2) is 13.6 Å². The number of nitrogens with zero attached hydrogens (tertiary/aromatic N) is 1. The third-order valence-electron chi connectivity index (χ3n) is 4.62. The van der Waals surface area contributed by atoms with Crippen molar-refractivity contribution >= 4 is 34.4 Å². The molecule has 0 aliphatic heterocycles. The Bertz CT molecular complexity index is 1060. The Labute approximate surface area is 164 Å². The second kappa shape index (κ2) is 7.59.